The molecule has 2 amide bonds. The van der Waals surface area contributed by atoms with E-state index in [1.165, 1.54) is 19.2 Å². The number of amides is 2. The number of rotatable bonds is 8. The van der Waals surface area contributed by atoms with Crippen molar-refractivity contribution in [1.82, 2.24) is 25.6 Å². The van der Waals surface area contributed by atoms with Crippen LogP contribution in [0.3, 0.4) is 0 Å². The smallest absolute Gasteiger partial charge is 0.407 e. The number of nitrogens with one attached hydrogen (secondary N) is 3. The summed E-state index contributed by atoms with van der Waals surface area (Å²) in [7, 11) is 0. The molecule has 1 aliphatic heterocycles. The Morgan fingerprint density at radius 1 is 1.05 bits per heavy atom. The third-order valence-corrected chi connectivity index (χ3v) is 7.28. The number of aromatic nitrogens is 3. The predicted octanol–water partition coefficient (Wildman–Crippen LogP) is 3.93. The molecule has 6 rings (SSSR count). The van der Waals surface area contributed by atoms with Gasteiger partial charge in [0.2, 0.25) is 6.79 Å². The third kappa shape index (κ3) is 4.92. The molecule has 0 radical (unpaired) electrons. The summed E-state index contributed by atoms with van der Waals surface area (Å²) in [5, 5.41) is 6.01. The number of carbonyl (C=O) groups is 2. The van der Waals surface area contributed by atoms with Gasteiger partial charge in [0.15, 0.2) is 11.5 Å². The normalized spacial score (nSPS) is 20.2. The first kappa shape index (κ1) is 24.3. The van der Waals surface area contributed by atoms with Crippen molar-refractivity contribution >= 4 is 23.0 Å². The highest BCUT2D eigenvalue weighted by molar-refractivity contribution is 6.08. The molecule has 3 heterocycles. The number of alkyl carbamates (subject to hydrolysis) is 1. The van der Waals surface area contributed by atoms with E-state index in [0.717, 1.165) is 25.7 Å². The van der Waals surface area contributed by atoms with Crippen LogP contribution in [-0.2, 0) is 4.74 Å². The van der Waals surface area contributed by atoms with Crippen LogP contribution in [0.25, 0.3) is 22.3 Å². The minimum absolute atomic E-state index is 0.0133. The molecule has 0 saturated heterocycles. The van der Waals surface area contributed by atoms with Crippen molar-refractivity contribution in [3.63, 3.8) is 0 Å². The fraction of sp³-hybridized carbons (Fsp3) is 0.481. The highest BCUT2D eigenvalue weighted by atomic mass is 16.7. The maximum atomic E-state index is 13.3. The molecule has 2 fully saturated rings. The van der Waals surface area contributed by atoms with Gasteiger partial charge >= 0.3 is 6.09 Å². The second-order valence-corrected chi connectivity index (χ2v) is 9.96. The van der Waals surface area contributed by atoms with Crippen molar-refractivity contribution in [2.24, 2.45) is 5.92 Å². The van der Waals surface area contributed by atoms with Gasteiger partial charge in [-0.25, -0.2) is 14.8 Å². The molecule has 0 atom stereocenters. The van der Waals surface area contributed by atoms with E-state index < -0.39 is 6.09 Å². The van der Waals surface area contributed by atoms with E-state index in [0.29, 0.717) is 64.2 Å². The lowest BCUT2D eigenvalue weighted by Gasteiger charge is -2.29. The third-order valence-electron chi connectivity index (χ3n) is 7.28. The summed E-state index contributed by atoms with van der Waals surface area (Å²) in [5.74, 6) is 2.24. The average molecular weight is 522 g/mol. The maximum absolute atomic E-state index is 13.3. The van der Waals surface area contributed by atoms with Crippen LogP contribution in [0, 0.1) is 5.92 Å². The van der Waals surface area contributed by atoms with Crippen LogP contribution in [0.5, 0.6) is 17.2 Å². The molecule has 3 N–H and O–H groups in total. The Hall–Kier alpha value is -4.02. The molecule has 0 spiro atoms. The molecular formula is C27H31N5O6. The quantitative estimate of drug-likeness (QED) is 0.406. The number of hydrogen-bond acceptors (Lipinski definition) is 8. The van der Waals surface area contributed by atoms with Crippen molar-refractivity contribution in [3.05, 3.63) is 30.2 Å². The summed E-state index contributed by atoms with van der Waals surface area (Å²) in [6.07, 6.45) is 8.15. The number of hydrogen-bond donors (Lipinski definition) is 3. The molecule has 0 unspecified atom stereocenters. The standard InChI is InChI=1S/C27H31N5O6/c1-2-35-27(34)32-17-7-5-16(6-8-17)31-26(33)18-11-28-24-22(18)29-13-30-23(24)21-19(36-12-15-3-4-15)9-10-20-25(21)38-14-37-20/h9-11,13,15-17,28H,2-8,12,14H2,1H3,(H,31,33)(H,32,34)/t16-,17-. The summed E-state index contributed by atoms with van der Waals surface area (Å²) in [6.45, 7) is 2.88. The van der Waals surface area contributed by atoms with Gasteiger partial charge in [-0.3, -0.25) is 4.79 Å². The Morgan fingerprint density at radius 2 is 1.84 bits per heavy atom. The van der Waals surface area contributed by atoms with Gasteiger partial charge in [-0.15, -0.1) is 0 Å². The first-order chi connectivity index (χ1) is 18.6. The molecule has 11 heteroatoms. The molecule has 3 aromatic rings. The van der Waals surface area contributed by atoms with Crippen LogP contribution in [0.1, 0.15) is 55.8 Å². The van der Waals surface area contributed by atoms with E-state index in [9.17, 15) is 9.59 Å². The monoisotopic (exact) mass is 521 g/mol. The Labute approximate surface area is 219 Å². The lowest BCUT2D eigenvalue weighted by Crippen LogP contribution is -2.43. The van der Waals surface area contributed by atoms with Gasteiger partial charge in [-0.1, -0.05) is 0 Å². The first-order valence-corrected chi connectivity index (χ1v) is 13.2. The summed E-state index contributed by atoms with van der Waals surface area (Å²) in [5.41, 5.74) is 2.87. The van der Waals surface area contributed by atoms with Crippen molar-refractivity contribution in [3.8, 4) is 28.5 Å². The lowest BCUT2D eigenvalue weighted by atomic mass is 9.91. The van der Waals surface area contributed by atoms with Crippen molar-refractivity contribution in [2.45, 2.75) is 57.5 Å². The Bertz CT molecular complexity index is 1350. The van der Waals surface area contributed by atoms with E-state index in [4.69, 9.17) is 18.9 Å². The van der Waals surface area contributed by atoms with Crippen molar-refractivity contribution in [2.75, 3.05) is 20.0 Å². The largest absolute Gasteiger partial charge is 0.492 e. The SMILES string of the molecule is CCOC(=O)N[C@H]1CC[C@H](NC(=O)c2c[nH]c3c(-c4c(OCC5CC5)ccc5c4OCO5)ncnc23)CC1. The molecular weight excluding hydrogens is 490 g/mol. The summed E-state index contributed by atoms with van der Waals surface area (Å²) >= 11 is 0. The van der Waals surface area contributed by atoms with E-state index >= 15 is 0 Å². The van der Waals surface area contributed by atoms with Gasteiger partial charge in [0, 0.05) is 18.3 Å². The van der Waals surface area contributed by atoms with Crippen LogP contribution < -0.4 is 24.8 Å². The number of ether oxygens (including phenoxy) is 4. The number of benzene rings is 1. The van der Waals surface area contributed by atoms with E-state index in [2.05, 4.69) is 25.6 Å². The second-order valence-electron chi connectivity index (χ2n) is 9.96. The zero-order valence-corrected chi connectivity index (χ0v) is 21.2. The molecule has 2 aromatic heterocycles. The molecule has 1 aromatic carbocycles. The number of nitrogens with zero attached hydrogens (tertiary/aromatic N) is 2. The number of fused-ring (bicyclic) bond motifs is 2. The fourth-order valence-electron chi connectivity index (χ4n) is 5.08. The minimum atomic E-state index is -0.392. The van der Waals surface area contributed by atoms with Crippen molar-refractivity contribution in [1.29, 1.82) is 0 Å². The number of carbonyl (C=O) groups excluding carboxylic acids is 2. The van der Waals surface area contributed by atoms with Crippen LogP contribution in [0.4, 0.5) is 4.79 Å². The average Bonchev–Trinajstić information content (AvgIpc) is 3.44. The molecule has 38 heavy (non-hydrogen) atoms. The minimum Gasteiger partial charge on any atom is -0.492 e. The van der Waals surface area contributed by atoms with Gasteiger partial charge in [0.25, 0.3) is 5.91 Å². The van der Waals surface area contributed by atoms with Gasteiger partial charge in [-0.05, 0) is 63.5 Å². The van der Waals surface area contributed by atoms with Gasteiger partial charge in [0.05, 0.1) is 29.9 Å². The van der Waals surface area contributed by atoms with Crippen LogP contribution in [-0.4, -0.2) is 59.0 Å². The summed E-state index contributed by atoms with van der Waals surface area (Å²) in [6, 6.07) is 3.79. The molecule has 2 aliphatic carbocycles. The second kappa shape index (κ2) is 10.4. The van der Waals surface area contributed by atoms with Crippen molar-refractivity contribution < 1.29 is 28.5 Å². The lowest BCUT2D eigenvalue weighted by molar-refractivity contribution is 0.0923. The molecule has 0 bridgehead atoms. The summed E-state index contributed by atoms with van der Waals surface area (Å²) in [4.78, 5) is 37.2. The number of aromatic amines is 1. The predicted molar refractivity (Wildman–Crippen MR) is 137 cm³/mol. The molecule has 3 aliphatic rings. The van der Waals surface area contributed by atoms with Gasteiger partial charge in [-0.2, -0.15) is 0 Å². The Kier molecular flexibility index (Phi) is 6.65. The Morgan fingerprint density at radius 3 is 2.61 bits per heavy atom. The zero-order chi connectivity index (χ0) is 26.1. The zero-order valence-electron chi connectivity index (χ0n) is 21.2. The fourth-order valence-corrected chi connectivity index (χ4v) is 5.08. The van der Waals surface area contributed by atoms with Crippen LogP contribution in [0.15, 0.2) is 24.7 Å². The maximum Gasteiger partial charge on any atom is 0.407 e. The van der Waals surface area contributed by atoms with E-state index in [-0.39, 0.29) is 24.8 Å². The topological polar surface area (TPSA) is 137 Å². The van der Waals surface area contributed by atoms with Crippen LogP contribution in [0.2, 0.25) is 0 Å². The molecule has 200 valence electrons. The van der Waals surface area contributed by atoms with E-state index in [1.54, 1.807) is 13.1 Å². The first-order valence-electron chi connectivity index (χ1n) is 13.2. The Balaban J connectivity index is 1.21. The number of H-pyrrole nitrogens is 1. The summed E-state index contributed by atoms with van der Waals surface area (Å²) < 4.78 is 22.6. The highest BCUT2D eigenvalue weighted by Crippen LogP contribution is 2.48. The van der Waals surface area contributed by atoms with E-state index in [1.807, 2.05) is 12.1 Å². The van der Waals surface area contributed by atoms with Gasteiger partial charge in [0.1, 0.15) is 23.3 Å². The van der Waals surface area contributed by atoms with Crippen LogP contribution >= 0.6 is 0 Å². The highest BCUT2D eigenvalue weighted by Gasteiger charge is 2.30. The van der Waals surface area contributed by atoms with Gasteiger partial charge < -0.3 is 34.6 Å². The molecule has 11 nitrogen and oxygen atoms in total. The molecule has 2 saturated carbocycles.